The zero-order chi connectivity index (χ0) is 31.4. The average molecular weight is 614 g/mol. The van der Waals surface area contributed by atoms with Crippen molar-refractivity contribution in [3.8, 4) is 11.5 Å². The van der Waals surface area contributed by atoms with Crippen LogP contribution in [0.1, 0.15) is 49.2 Å². The molecule has 0 unspecified atom stereocenters. The molecule has 0 radical (unpaired) electrons. The second-order valence-electron chi connectivity index (χ2n) is 12.0. The number of carbonyl (C=O) groups excluding carboxylic acids is 1. The summed E-state index contributed by atoms with van der Waals surface area (Å²) in [5.41, 5.74) is 1.85. The number of aromatic nitrogens is 1. The Hall–Kier alpha value is -4.18. The number of esters is 1. The molecule has 0 saturated carbocycles. The fraction of sp³-hybridized carbons (Fsp3) is 0.286. The molecule has 44 heavy (non-hydrogen) atoms. The first-order valence-corrected chi connectivity index (χ1v) is 15.9. The first-order valence-electron chi connectivity index (χ1n) is 14.4. The first kappa shape index (κ1) is 29.9. The van der Waals surface area contributed by atoms with Crippen molar-refractivity contribution >= 4 is 37.8 Å². The molecule has 0 spiro atoms. The van der Waals surface area contributed by atoms with Crippen LogP contribution in [0, 0.1) is 6.92 Å². The van der Waals surface area contributed by atoms with Crippen LogP contribution in [-0.4, -0.2) is 43.0 Å². The number of carbonyl (C=O) groups is 1. The Labute approximate surface area is 257 Å². The van der Waals surface area contributed by atoms with Crippen LogP contribution < -0.4 is 9.47 Å². The quantitative estimate of drug-likeness (QED) is 0.144. The molecular formula is C35H35NO7S. The maximum atomic E-state index is 14.4. The van der Waals surface area contributed by atoms with Gasteiger partial charge in [0.25, 0.3) is 10.0 Å². The Morgan fingerprint density at radius 3 is 2.23 bits per heavy atom. The van der Waals surface area contributed by atoms with E-state index in [1.807, 2.05) is 52.8 Å². The van der Waals surface area contributed by atoms with Gasteiger partial charge in [0.15, 0.2) is 5.79 Å². The molecule has 1 aliphatic heterocycles. The minimum atomic E-state index is -4.10. The summed E-state index contributed by atoms with van der Waals surface area (Å²) in [7, 11) is -2.64. The smallest absolute Gasteiger partial charge is 0.343 e. The van der Waals surface area contributed by atoms with E-state index in [1.165, 1.54) is 11.1 Å². The number of hydrogen-bond acceptors (Lipinski definition) is 7. The van der Waals surface area contributed by atoms with Gasteiger partial charge in [-0.15, -0.1) is 0 Å². The molecule has 9 heteroatoms. The molecular weight excluding hydrogens is 578 g/mol. The zero-order valence-electron chi connectivity index (χ0n) is 25.6. The summed E-state index contributed by atoms with van der Waals surface area (Å²) < 4.78 is 54.3. The van der Waals surface area contributed by atoms with Gasteiger partial charge in [-0.25, -0.2) is 17.2 Å². The van der Waals surface area contributed by atoms with E-state index in [0.717, 1.165) is 5.56 Å². The highest BCUT2D eigenvalue weighted by Gasteiger charge is 2.47. The number of fused-ring (bicyclic) bond motifs is 3. The molecule has 1 fully saturated rings. The normalized spacial score (nSPS) is 17.6. The van der Waals surface area contributed by atoms with Crippen molar-refractivity contribution in [1.82, 2.24) is 3.97 Å². The maximum absolute atomic E-state index is 14.4. The molecule has 8 nitrogen and oxygen atoms in total. The number of methoxy groups -OCH3 is 1. The van der Waals surface area contributed by atoms with Crippen LogP contribution in [-0.2, 0) is 25.9 Å². The van der Waals surface area contributed by atoms with Crippen LogP contribution in [0.2, 0.25) is 0 Å². The van der Waals surface area contributed by atoms with Gasteiger partial charge in [0.2, 0.25) is 0 Å². The van der Waals surface area contributed by atoms with Gasteiger partial charge < -0.3 is 18.9 Å². The third-order valence-electron chi connectivity index (χ3n) is 8.02. The van der Waals surface area contributed by atoms with E-state index >= 15 is 0 Å². The van der Waals surface area contributed by atoms with Crippen molar-refractivity contribution in [3.05, 3.63) is 102 Å². The molecule has 1 aliphatic rings. The number of benzene rings is 4. The lowest BCUT2D eigenvalue weighted by molar-refractivity contribution is -0.157. The highest BCUT2D eigenvalue weighted by Crippen LogP contribution is 2.44. The minimum Gasteiger partial charge on any atom is -0.494 e. The van der Waals surface area contributed by atoms with Gasteiger partial charge in [0.1, 0.15) is 17.0 Å². The zero-order valence-corrected chi connectivity index (χ0v) is 26.4. The van der Waals surface area contributed by atoms with Gasteiger partial charge in [-0.3, -0.25) is 0 Å². The second-order valence-corrected chi connectivity index (χ2v) is 13.8. The van der Waals surface area contributed by atoms with Crippen molar-refractivity contribution in [1.29, 1.82) is 0 Å². The van der Waals surface area contributed by atoms with Gasteiger partial charge in [-0.1, -0.05) is 54.1 Å². The van der Waals surface area contributed by atoms with Crippen molar-refractivity contribution in [2.45, 2.75) is 63.4 Å². The third kappa shape index (κ3) is 5.15. The number of nitrogens with zero attached hydrogens (tertiary/aromatic N) is 1. The third-order valence-corrected chi connectivity index (χ3v) is 9.75. The van der Waals surface area contributed by atoms with E-state index in [0.29, 0.717) is 33.1 Å². The molecule has 228 valence electrons. The minimum absolute atomic E-state index is 0.136. The molecule has 4 aromatic carbocycles. The van der Waals surface area contributed by atoms with E-state index in [2.05, 4.69) is 0 Å². The Morgan fingerprint density at radius 1 is 0.932 bits per heavy atom. The maximum Gasteiger partial charge on any atom is 0.343 e. The molecule has 6 rings (SSSR count). The van der Waals surface area contributed by atoms with Crippen molar-refractivity contribution in [2.75, 3.05) is 7.11 Å². The summed E-state index contributed by atoms with van der Waals surface area (Å²) in [6.45, 7) is 9.49. The van der Waals surface area contributed by atoms with Gasteiger partial charge in [-0.2, -0.15) is 0 Å². The molecule has 0 aliphatic carbocycles. The van der Waals surface area contributed by atoms with Crippen LogP contribution in [0.3, 0.4) is 0 Å². The Balaban J connectivity index is 1.67. The second kappa shape index (κ2) is 10.8. The topological polar surface area (TPSA) is 93.1 Å². The predicted molar refractivity (Wildman–Crippen MR) is 169 cm³/mol. The summed E-state index contributed by atoms with van der Waals surface area (Å²) in [5, 5.41) is 1.22. The molecule has 0 bridgehead atoms. The van der Waals surface area contributed by atoms with Crippen molar-refractivity contribution in [3.63, 3.8) is 0 Å². The summed E-state index contributed by atoms with van der Waals surface area (Å²) in [4.78, 5) is 14.1. The Morgan fingerprint density at radius 2 is 1.59 bits per heavy atom. The van der Waals surface area contributed by atoms with Crippen LogP contribution in [0.25, 0.3) is 21.8 Å². The van der Waals surface area contributed by atoms with E-state index in [1.54, 1.807) is 66.7 Å². The molecule has 0 N–H and O–H groups in total. The molecule has 1 saturated heterocycles. The fourth-order valence-electron chi connectivity index (χ4n) is 6.11. The van der Waals surface area contributed by atoms with Gasteiger partial charge >= 0.3 is 5.97 Å². The Kier molecular flexibility index (Phi) is 7.31. The lowest BCUT2D eigenvalue weighted by Crippen LogP contribution is -2.35. The van der Waals surface area contributed by atoms with E-state index < -0.39 is 33.5 Å². The molecule has 2 heterocycles. The Bertz CT molecular complexity index is 1990. The standard InChI is InChI=1S/C35H35NO7S/c1-22-16-18-24(19-17-22)44(38,39)36-28-15-11-10-14-25(28)31-26(21-30-34(2,3)43-35(4,5)42-30)27(20-29(40-6)32(31)36)33(37)41-23-12-8-7-9-13-23/h7-20,30H,21H2,1-6H3/t30-/m1/s1. The van der Waals surface area contributed by atoms with Crippen molar-refractivity contribution in [2.24, 2.45) is 0 Å². The average Bonchev–Trinajstić information content (AvgIpc) is 3.43. The summed E-state index contributed by atoms with van der Waals surface area (Å²) >= 11 is 0. The van der Waals surface area contributed by atoms with Gasteiger partial charge in [0, 0.05) is 17.2 Å². The largest absolute Gasteiger partial charge is 0.494 e. The first-order chi connectivity index (χ1) is 20.8. The van der Waals surface area contributed by atoms with E-state index in [9.17, 15) is 13.2 Å². The SMILES string of the molecule is COc1cc(C(=O)Oc2ccccc2)c(C[C@H]2OC(C)(C)OC2(C)C)c2c3ccccc3n(S(=O)(=O)c3ccc(C)cc3)c12. The summed E-state index contributed by atoms with van der Waals surface area (Å²) in [5.74, 6) is -0.846. The number of ether oxygens (including phenoxy) is 4. The van der Waals surface area contributed by atoms with Crippen LogP contribution in [0.5, 0.6) is 11.5 Å². The number of hydrogen-bond donors (Lipinski definition) is 0. The molecule has 1 aromatic heterocycles. The van der Waals surface area contributed by atoms with Gasteiger partial charge in [0.05, 0.1) is 34.8 Å². The van der Waals surface area contributed by atoms with E-state index in [-0.39, 0.29) is 22.6 Å². The monoisotopic (exact) mass is 613 g/mol. The molecule has 1 atom stereocenters. The fourth-order valence-corrected chi connectivity index (χ4v) is 7.64. The number of para-hydroxylation sites is 2. The number of aryl methyl sites for hydroxylation is 1. The lowest BCUT2D eigenvalue weighted by atomic mass is 9.89. The predicted octanol–water partition coefficient (Wildman–Crippen LogP) is 7.04. The van der Waals surface area contributed by atoms with Crippen LogP contribution in [0.4, 0.5) is 0 Å². The van der Waals surface area contributed by atoms with Crippen LogP contribution in [0.15, 0.2) is 89.8 Å². The van der Waals surface area contributed by atoms with E-state index in [4.69, 9.17) is 18.9 Å². The summed E-state index contributed by atoms with van der Waals surface area (Å²) in [6, 6.07) is 24.3. The molecule has 0 amide bonds. The lowest BCUT2D eigenvalue weighted by Gasteiger charge is -2.25. The molecule has 5 aromatic rings. The highest BCUT2D eigenvalue weighted by molar-refractivity contribution is 7.90. The van der Waals surface area contributed by atoms with Crippen LogP contribution >= 0.6 is 0 Å². The summed E-state index contributed by atoms with van der Waals surface area (Å²) in [6.07, 6.45) is -0.220. The number of rotatable bonds is 7. The van der Waals surface area contributed by atoms with Crippen molar-refractivity contribution < 1.29 is 32.2 Å². The van der Waals surface area contributed by atoms with Gasteiger partial charge in [-0.05, 0) is 76.6 Å². The highest BCUT2D eigenvalue weighted by atomic mass is 32.2.